The number of hydrogen-bond donors (Lipinski definition) is 2. The molecule has 0 aliphatic carbocycles. The Hall–Kier alpha value is -3.05. The maximum absolute atomic E-state index is 12.3. The number of pyridine rings is 1. The van der Waals surface area contributed by atoms with E-state index in [-0.39, 0.29) is 5.91 Å². The number of hydrogen-bond acceptors (Lipinski definition) is 4. The Morgan fingerprint density at radius 3 is 2.21 bits per heavy atom. The number of nitrogens with one attached hydrogen (secondary N) is 2. The molecule has 1 aliphatic heterocycles. The van der Waals surface area contributed by atoms with Crippen molar-refractivity contribution >= 4 is 40.4 Å². The number of nitrogens with zero attached hydrogens (tertiary/aromatic N) is 2. The number of carbonyl (C=O) groups is 1. The lowest BCUT2D eigenvalue weighted by molar-refractivity contribution is 0.102. The summed E-state index contributed by atoms with van der Waals surface area (Å²) in [6, 6.07) is 18.9. The molecule has 5 nitrogen and oxygen atoms in total. The van der Waals surface area contributed by atoms with Crippen LogP contribution in [0.2, 0.25) is 5.02 Å². The van der Waals surface area contributed by atoms with Gasteiger partial charge in [-0.05, 0) is 73.5 Å². The van der Waals surface area contributed by atoms with Gasteiger partial charge in [-0.25, -0.2) is 4.98 Å². The highest BCUT2D eigenvalue weighted by molar-refractivity contribution is 6.30. The Kier molecular flexibility index (Phi) is 5.44. The molecule has 0 radical (unpaired) electrons. The minimum atomic E-state index is -0.212. The largest absolute Gasteiger partial charge is 0.372 e. The average molecular weight is 393 g/mol. The van der Waals surface area contributed by atoms with Gasteiger partial charge >= 0.3 is 0 Å². The van der Waals surface area contributed by atoms with Crippen LogP contribution < -0.4 is 15.5 Å². The van der Waals surface area contributed by atoms with Gasteiger partial charge in [0.2, 0.25) is 0 Å². The molecule has 28 heavy (non-hydrogen) atoms. The van der Waals surface area contributed by atoms with E-state index in [1.54, 1.807) is 42.6 Å². The van der Waals surface area contributed by atoms with E-state index in [2.05, 4.69) is 44.8 Å². The number of amides is 1. The molecule has 2 N–H and O–H groups in total. The molecule has 142 valence electrons. The molecule has 1 amide bonds. The summed E-state index contributed by atoms with van der Waals surface area (Å²) in [4.78, 5) is 19.1. The fourth-order valence-electron chi connectivity index (χ4n) is 3.22. The lowest BCUT2D eigenvalue weighted by Crippen LogP contribution is -2.17. The van der Waals surface area contributed by atoms with Crippen LogP contribution in [0.5, 0.6) is 0 Å². The summed E-state index contributed by atoms with van der Waals surface area (Å²) in [5.74, 6) is 0.480. The van der Waals surface area contributed by atoms with Crippen LogP contribution in [-0.2, 0) is 0 Å². The van der Waals surface area contributed by atoms with Crippen LogP contribution >= 0.6 is 11.6 Å². The second-order valence-corrected chi connectivity index (χ2v) is 7.20. The molecule has 1 fully saturated rings. The molecule has 6 heteroatoms. The molecule has 0 atom stereocenters. The van der Waals surface area contributed by atoms with Crippen molar-refractivity contribution in [3.63, 3.8) is 0 Å². The van der Waals surface area contributed by atoms with Crippen molar-refractivity contribution in [2.45, 2.75) is 12.8 Å². The SMILES string of the molecule is O=C(Nc1ccc(Cl)cc1)c1ccc(Nc2ccc(N3CCCC3)cc2)nc1. The van der Waals surface area contributed by atoms with Crippen molar-refractivity contribution in [3.8, 4) is 0 Å². The molecule has 1 aromatic heterocycles. The molecule has 0 bridgehead atoms. The normalized spacial score (nSPS) is 13.4. The van der Waals surface area contributed by atoms with Crippen molar-refractivity contribution in [2.75, 3.05) is 28.6 Å². The van der Waals surface area contributed by atoms with E-state index < -0.39 is 0 Å². The first-order valence-electron chi connectivity index (χ1n) is 9.32. The van der Waals surface area contributed by atoms with Crippen molar-refractivity contribution in [2.24, 2.45) is 0 Å². The zero-order chi connectivity index (χ0) is 19.3. The highest BCUT2D eigenvalue weighted by Gasteiger charge is 2.12. The minimum absolute atomic E-state index is 0.212. The van der Waals surface area contributed by atoms with E-state index >= 15 is 0 Å². The predicted octanol–water partition coefficient (Wildman–Crippen LogP) is 5.33. The molecular weight excluding hydrogens is 372 g/mol. The van der Waals surface area contributed by atoms with Crippen LogP contribution in [0.25, 0.3) is 0 Å². The predicted molar refractivity (Wildman–Crippen MR) is 115 cm³/mol. The van der Waals surface area contributed by atoms with Gasteiger partial charge in [-0.2, -0.15) is 0 Å². The van der Waals surface area contributed by atoms with Crippen LogP contribution in [-0.4, -0.2) is 24.0 Å². The fourth-order valence-corrected chi connectivity index (χ4v) is 3.34. The summed E-state index contributed by atoms with van der Waals surface area (Å²) >= 11 is 5.86. The van der Waals surface area contributed by atoms with Crippen molar-refractivity contribution in [1.29, 1.82) is 0 Å². The average Bonchev–Trinajstić information content (AvgIpc) is 3.26. The van der Waals surface area contributed by atoms with Gasteiger partial charge in [0.15, 0.2) is 0 Å². The van der Waals surface area contributed by atoms with E-state index in [1.165, 1.54) is 18.5 Å². The standard InChI is InChI=1S/C22H21ClN4O/c23-17-4-6-19(7-5-17)26-22(28)16-3-12-21(24-15-16)25-18-8-10-20(11-9-18)27-13-1-2-14-27/h3-12,15H,1-2,13-14H2,(H,24,25)(H,26,28). The van der Waals surface area contributed by atoms with Crippen LogP contribution in [0.15, 0.2) is 66.9 Å². The first kappa shape index (κ1) is 18.3. The van der Waals surface area contributed by atoms with Crippen LogP contribution in [0, 0.1) is 0 Å². The van der Waals surface area contributed by atoms with Crippen molar-refractivity contribution < 1.29 is 4.79 Å². The zero-order valence-electron chi connectivity index (χ0n) is 15.4. The summed E-state index contributed by atoms with van der Waals surface area (Å²) in [5, 5.41) is 6.72. The third kappa shape index (κ3) is 4.43. The highest BCUT2D eigenvalue weighted by Crippen LogP contribution is 2.23. The van der Waals surface area contributed by atoms with Crippen molar-refractivity contribution in [1.82, 2.24) is 4.98 Å². The summed E-state index contributed by atoms with van der Waals surface area (Å²) in [5.41, 5.74) is 3.40. The van der Waals surface area contributed by atoms with Crippen molar-refractivity contribution in [3.05, 3.63) is 77.4 Å². The van der Waals surface area contributed by atoms with Crippen LogP contribution in [0.1, 0.15) is 23.2 Å². The van der Waals surface area contributed by atoms with Gasteiger partial charge in [-0.15, -0.1) is 0 Å². The number of halogens is 1. The molecule has 2 aromatic carbocycles. The molecular formula is C22H21ClN4O. The molecule has 0 unspecified atom stereocenters. The molecule has 0 saturated carbocycles. The highest BCUT2D eigenvalue weighted by atomic mass is 35.5. The second kappa shape index (κ2) is 8.31. The Balaban J connectivity index is 1.37. The van der Waals surface area contributed by atoms with Crippen LogP contribution in [0.4, 0.5) is 22.9 Å². The number of benzene rings is 2. The molecule has 1 saturated heterocycles. The first-order valence-corrected chi connectivity index (χ1v) is 9.70. The Labute approximate surface area is 169 Å². The van der Waals surface area contributed by atoms with Crippen LogP contribution in [0.3, 0.4) is 0 Å². The molecule has 3 aromatic rings. The van der Waals surface area contributed by atoms with Gasteiger partial charge in [0.1, 0.15) is 5.82 Å². The number of aromatic nitrogens is 1. The maximum Gasteiger partial charge on any atom is 0.257 e. The molecule has 2 heterocycles. The molecule has 0 spiro atoms. The zero-order valence-corrected chi connectivity index (χ0v) is 16.1. The Morgan fingerprint density at radius 1 is 0.893 bits per heavy atom. The third-order valence-electron chi connectivity index (χ3n) is 4.74. The van der Waals surface area contributed by atoms with Gasteiger partial charge in [-0.1, -0.05) is 11.6 Å². The molecule has 1 aliphatic rings. The number of rotatable bonds is 5. The van der Waals surface area contributed by atoms with E-state index in [9.17, 15) is 4.79 Å². The summed E-state index contributed by atoms with van der Waals surface area (Å²) in [7, 11) is 0. The van der Waals surface area contributed by atoms with Gasteiger partial charge in [0.25, 0.3) is 5.91 Å². The number of anilines is 4. The van der Waals surface area contributed by atoms with E-state index in [4.69, 9.17) is 11.6 Å². The summed E-state index contributed by atoms with van der Waals surface area (Å²) < 4.78 is 0. The fraction of sp³-hybridized carbons (Fsp3) is 0.182. The molecule has 4 rings (SSSR count). The van der Waals surface area contributed by atoms with E-state index in [0.29, 0.717) is 22.1 Å². The van der Waals surface area contributed by atoms with E-state index in [0.717, 1.165) is 18.8 Å². The van der Waals surface area contributed by atoms with Gasteiger partial charge in [0, 0.05) is 41.4 Å². The van der Waals surface area contributed by atoms with Gasteiger partial charge in [-0.3, -0.25) is 4.79 Å². The minimum Gasteiger partial charge on any atom is -0.372 e. The first-order chi connectivity index (χ1) is 13.7. The Morgan fingerprint density at radius 2 is 1.57 bits per heavy atom. The summed E-state index contributed by atoms with van der Waals surface area (Å²) in [6.07, 6.45) is 4.09. The Bertz CT molecular complexity index is 934. The third-order valence-corrected chi connectivity index (χ3v) is 4.99. The van der Waals surface area contributed by atoms with Gasteiger partial charge < -0.3 is 15.5 Å². The van der Waals surface area contributed by atoms with E-state index in [1.807, 2.05) is 0 Å². The lowest BCUT2D eigenvalue weighted by Gasteiger charge is -2.17. The quantitative estimate of drug-likeness (QED) is 0.616. The second-order valence-electron chi connectivity index (χ2n) is 6.76. The lowest BCUT2D eigenvalue weighted by atomic mass is 10.2. The maximum atomic E-state index is 12.3. The topological polar surface area (TPSA) is 57.3 Å². The monoisotopic (exact) mass is 392 g/mol. The number of carbonyl (C=O) groups excluding carboxylic acids is 1. The van der Waals surface area contributed by atoms with Gasteiger partial charge in [0.05, 0.1) is 5.56 Å². The smallest absolute Gasteiger partial charge is 0.257 e. The summed E-state index contributed by atoms with van der Waals surface area (Å²) in [6.45, 7) is 2.27.